The van der Waals surface area contributed by atoms with Crippen molar-refractivity contribution >= 4 is 55.7 Å². The molecule has 142 valence electrons. The number of rotatable bonds is 7. The molecule has 1 aromatic carbocycles. The number of halogens is 2. The third-order valence-electron chi connectivity index (χ3n) is 3.17. The highest BCUT2D eigenvalue weighted by Crippen LogP contribution is 2.15. The Hall–Kier alpha value is -2.39. The molecule has 0 fully saturated rings. The SMILES string of the molecule is CCOC(=O)CNC(=O)/C(=C/c1ccc(Br)cc1)NC(=O)c1ccc(Br)o1. The normalized spacial score (nSPS) is 11.0. The highest BCUT2D eigenvalue weighted by molar-refractivity contribution is 9.10. The van der Waals surface area contributed by atoms with Gasteiger partial charge in [0.2, 0.25) is 0 Å². The Labute approximate surface area is 172 Å². The van der Waals surface area contributed by atoms with Gasteiger partial charge < -0.3 is 19.8 Å². The summed E-state index contributed by atoms with van der Waals surface area (Å²) in [5, 5.41) is 4.91. The molecule has 27 heavy (non-hydrogen) atoms. The lowest BCUT2D eigenvalue weighted by Crippen LogP contribution is -2.37. The zero-order chi connectivity index (χ0) is 19.8. The van der Waals surface area contributed by atoms with Gasteiger partial charge in [0.1, 0.15) is 12.2 Å². The molecule has 7 nitrogen and oxygen atoms in total. The average molecular weight is 500 g/mol. The number of hydrogen-bond acceptors (Lipinski definition) is 5. The molecule has 0 unspecified atom stereocenters. The largest absolute Gasteiger partial charge is 0.465 e. The van der Waals surface area contributed by atoms with Crippen LogP contribution in [0.4, 0.5) is 0 Å². The van der Waals surface area contributed by atoms with E-state index in [4.69, 9.17) is 9.15 Å². The van der Waals surface area contributed by atoms with Crippen molar-refractivity contribution < 1.29 is 23.5 Å². The fourth-order valence-electron chi connectivity index (χ4n) is 1.96. The Morgan fingerprint density at radius 1 is 1.11 bits per heavy atom. The molecule has 0 aliphatic carbocycles. The first-order valence-electron chi connectivity index (χ1n) is 7.86. The van der Waals surface area contributed by atoms with E-state index in [1.165, 1.54) is 12.1 Å². The molecule has 1 aromatic heterocycles. The van der Waals surface area contributed by atoms with Gasteiger partial charge in [0, 0.05) is 4.47 Å². The highest BCUT2D eigenvalue weighted by Gasteiger charge is 2.18. The topological polar surface area (TPSA) is 97.6 Å². The fraction of sp³-hybridized carbons (Fsp3) is 0.167. The van der Waals surface area contributed by atoms with Gasteiger partial charge in [-0.25, -0.2) is 0 Å². The third kappa shape index (κ3) is 6.69. The van der Waals surface area contributed by atoms with Crippen LogP contribution in [0.2, 0.25) is 0 Å². The quantitative estimate of drug-likeness (QED) is 0.450. The number of furan rings is 1. The minimum absolute atomic E-state index is 0.0294. The maximum Gasteiger partial charge on any atom is 0.325 e. The van der Waals surface area contributed by atoms with Gasteiger partial charge >= 0.3 is 5.97 Å². The molecule has 0 atom stereocenters. The second kappa shape index (κ2) is 10.1. The molecule has 2 amide bonds. The maximum atomic E-state index is 12.4. The number of ether oxygens (including phenoxy) is 1. The Morgan fingerprint density at radius 3 is 2.41 bits per heavy atom. The van der Waals surface area contributed by atoms with Crippen LogP contribution < -0.4 is 10.6 Å². The van der Waals surface area contributed by atoms with Gasteiger partial charge in [-0.1, -0.05) is 28.1 Å². The lowest BCUT2D eigenvalue weighted by molar-refractivity contribution is -0.143. The van der Waals surface area contributed by atoms with Crippen molar-refractivity contribution in [1.82, 2.24) is 10.6 Å². The molecule has 9 heteroatoms. The molecule has 2 rings (SSSR count). The summed E-state index contributed by atoms with van der Waals surface area (Å²) in [4.78, 5) is 36.2. The summed E-state index contributed by atoms with van der Waals surface area (Å²) in [7, 11) is 0. The van der Waals surface area contributed by atoms with Crippen LogP contribution in [0.5, 0.6) is 0 Å². The number of benzene rings is 1. The Balaban J connectivity index is 2.19. The van der Waals surface area contributed by atoms with Crippen LogP contribution in [0.1, 0.15) is 23.0 Å². The minimum atomic E-state index is -0.634. The molecular formula is C18H16Br2N2O5. The molecule has 0 bridgehead atoms. The molecule has 2 N–H and O–H groups in total. The van der Waals surface area contributed by atoms with E-state index in [-0.39, 0.29) is 24.6 Å². The summed E-state index contributed by atoms with van der Waals surface area (Å²) in [5.74, 6) is -1.78. The van der Waals surface area contributed by atoms with Crippen molar-refractivity contribution in [1.29, 1.82) is 0 Å². The van der Waals surface area contributed by atoms with E-state index in [0.29, 0.717) is 10.2 Å². The van der Waals surface area contributed by atoms with Crippen molar-refractivity contribution in [3.05, 3.63) is 62.6 Å². The lowest BCUT2D eigenvalue weighted by atomic mass is 10.2. The summed E-state index contributed by atoms with van der Waals surface area (Å²) >= 11 is 6.45. The summed E-state index contributed by atoms with van der Waals surface area (Å²) in [6, 6.07) is 10.1. The standard InChI is InChI=1S/C18H16Br2N2O5/c1-2-26-16(23)10-21-17(24)13(9-11-3-5-12(19)6-4-11)22-18(25)14-7-8-15(20)27-14/h3-9H,2,10H2,1H3,(H,21,24)(H,22,25)/b13-9-. The predicted molar refractivity (Wildman–Crippen MR) is 106 cm³/mol. The summed E-state index contributed by atoms with van der Waals surface area (Å²) in [6.07, 6.45) is 1.49. The van der Waals surface area contributed by atoms with Gasteiger partial charge in [0.15, 0.2) is 10.4 Å². The molecule has 0 aliphatic heterocycles. The number of carbonyl (C=O) groups excluding carboxylic acids is 3. The van der Waals surface area contributed by atoms with Crippen molar-refractivity contribution in [2.75, 3.05) is 13.2 Å². The van der Waals surface area contributed by atoms with Gasteiger partial charge in [0.25, 0.3) is 11.8 Å². The highest BCUT2D eigenvalue weighted by atomic mass is 79.9. The zero-order valence-corrected chi connectivity index (χ0v) is 17.4. The van der Waals surface area contributed by atoms with Crippen LogP contribution in [0.3, 0.4) is 0 Å². The van der Waals surface area contributed by atoms with Crippen LogP contribution >= 0.6 is 31.9 Å². The number of hydrogen-bond donors (Lipinski definition) is 2. The monoisotopic (exact) mass is 498 g/mol. The van der Waals surface area contributed by atoms with Crippen LogP contribution in [-0.4, -0.2) is 30.9 Å². The minimum Gasteiger partial charge on any atom is -0.465 e. The fourth-order valence-corrected chi connectivity index (χ4v) is 2.53. The molecule has 2 aromatic rings. The van der Waals surface area contributed by atoms with Crippen molar-refractivity contribution in [2.45, 2.75) is 6.92 Å². The third-order valence-corrected chi connectivity index (χ3v) is 4.12. The van der Waals surface area contributed by atoms with Gasteiger partial charge in [-0.05, 0) is 58.8 Å². The lowest BCUT2D eigenvalue weighted by Gasteiger charge is -2.10. The Morgan fingerprint density at radius 2 is 1.81 bits per heavy atom. The van der Waals surface area contributed by atoms with E-state index in [1.54, 1.807) is 37.3 Å². The van der Waals surface area contributed by atoms with Gasteiger partial charge in [0.05, 0.1) is 6.61 Å². The molecular weight excluding hydrogens is 484 g/mol. The smallest absolute Gasteiger partial charge is 0.325 e. The van der Waals surface area contributed by atoms with Crippen LogP contribution in [0.25, 0.3) is 6.08 Å². The molecule has 0 spiro atoms. The molecule has 0 saturated carbocycles. The first-order chi connectivity index (χ1) is 12.9. The van der Waals surface area contributed by atoms with E-state index < -0.39 is 17.8 Å². The number of amides is 2. The molecule has 1 heterocycles. The Bertz CT molecular complexity index is 859. The molecule has 0 radical (unpaired) electrons. The van der Waals surface area contributed by atoms with Crippen LogP contribution in [0.15, 0.2) is 55.7 Å². The van der Waals surface area contributed by atoms with Gasteiger partial charge in [-0.2, -0.15) is 0 Å². The predicted octanol–water partition coefficient (Wildman–Crippen LogP) is 3.25. The molecule has 0 saturated heterocycles. The van der Waals surface area contributed by atoms with Crippen LogP contribution in [-0.2, 0) is 14.3 Å². The van der Waals surface area contributed by atoms with E-state index in [0.717, 1.165) is 4.47 Å². The van der Waals surface area contributed by atoms with E-state index >= 15 is 0 Å². The van der Waals surface area contributed by atoms with Crippen molar-refractivity contribution in [3.63, 3.8) is 0 Å². The second-order valence-corrected chi connectivity index (χ2v) is 6.85. The van der Waals surface area contributed by atoms with Gasteiger partial charge in [-0.15, -0.1) is 0 Å². The average Bonchev–Trinajstić information content (AvgIpc) is 3.07. The first-order valence-corrected chi connectivity index (χ1v) is 9.45. The summed E-state index contributed by atoms with van der Waals surface area (Å²) < 4.78 is 11.2. The van der Waals surface area contributed by atoms with Crippen molar-refractivity contribution in [3.8, 4) is 0 Å². The molecule has 0 aliphatic rings. The van der Waals surface area contributed by atoms with Crippen LogP contribution in [0, 0.1) is 0 Å². The Kier molecular flexibility index (Phi) is 7.81. The maximum absolute atomic E-state index is 12.4. The summed E-state index contributed by atoms with van der Waals surface area (Å²) in [5.41, 5.74) is 0.638. The number of carbonyl (C=O) groups is 3. The van der Waals surface area contributed by atoms with E-state index in [1.807, 2.05) is 0 Å². The van der Waals surface area contributed by atoms with E-state index in [2.05, 4.69) is 42.5 Å². The van der Waals surface area contributed by atoms with E-state index in [9.17, 15) is 14.4 Å². The summed E-state index contributed by atoms with van der Waals surface area (Å²) in [6.45, 7) is 1.56. The zero-order valence-electron chi connectivity index (χ0n) is 14.3. The van der Waals surface area contributed by atoms with Crippen molar-refractivity contribution in [2.24, 2.45) is 0 Å². The number of nitrogens with one attached hydrogen (secondary N) is 2. The second-order valence-electron chi connectivity index (χ2n) is 5.16. The number of esters is 1. The first kappa shape index (κ1) is 20.9. The van der Waals surface area contributed by atoms with Gasteiger partial charge in [-0.3, -0.25) is 14.4 Å².